The number of nitrogens with two attached hydrogens (primary N) is 1. The van der Waals surface area contributed by atoms with Gasteiger partial charge < -0.3 is 20.4 Å². The average Bonchev–Trinajstić information content (AvgIpc) is 3.11. The van der Waals surface area contributed by atoms with E-state index in [4.69, 9.17) is 10.5 Å². The first-order chi connectivity index (χ1) is 13.1. The highest BCUT2D eigenvalue weighted by molar-refractivity contribution is 5.85. The summed E-state index contributed by atoms with van der Waals surface area (Å²) in [5, 5.41) is 3.42. The maximum Gasteiger partial charge on any atom is 0.247 e. The van der Waals surface area contributed by atoms with E-state index in [-0.39, 0.29) is 11.7 Å². The van der Waals surface area contributed by atoms with Gasteiger partial charge in [-0.1, -0.05) is 0 Å². The number of benzene rings is 1. The minimum absolute atomic E-state index is 0.139. The van der Waals surface area contributed by atoms with Crippen LogP contribution in [0.3, 0.4) is 0 Å². The predicted molar refractivity (Wildman–Crippen MR) is 99.8 cm³/mol. The lowest BCUT2D eigenvalue weighted by molar-refractivity contribution is 0.0112. The molecule has 1 fully saturated rings. The normalized spacial score (nSPS) is 17.0. The van der Waals surface area contributed by atoms with Gasteiger partial charge in [-0.05, 0) is 36.2 Å². The van der Waals surface area contributed by atoms with E-state index in [1.165, 1.54) is 6.07 Å². The van der Waals surface area contributed by atoms with Crippen molar-refractivity contribution in [1.29, 1.82) is 0 Å². The molecule has 27 heavy (non-hydrogen) atoms. The van der Waals surface area contributed by atoms with Gasteiger partial charge in [0.15, 0.2) is 0 Å². The fourth-order valence-electron chi connectivity index (χ4n) is 3.57. The Kier molecular flexibility index (Phi) is 3.61. The van der Waals surface area contributed by atoms with Gasteiger partial charge in [0.25, 0.3) is 0 Å². The number of aromatic nitrogens is 3. The minimum Gasteiger partial charge on any atom is -0.396 e. The summed E-state index contributed by atoms with van der Waals surface area (Å²) < 4.78 is 21.1. The van der Waals surface area contributed by atoms with E-state index in [1.54, 1.807) is 12.3 Å². The first-order valence-electron chi connectivity index (χ1n) is 8.92. The van der Waals surface area contributed by atoms with Crippen molar-refractivity contribution >= 4 is 11.5 Å². The van der Waals surface area contributed by atoms with Crippen LogP contribution in [0, 0.1) is 12.7 Å². The highest BCUT2D eigenvalue weighted by Gasteiger charge is 2.24. The summed E-state index contributed by atoms with van der Waals surface area (Å²) in [4.78, 5) is 13.6. The lowest BCUT2D eigenvalue weighted by Gasteiger charge is -2.21. The number of nitrogen functional groups attached to an aromatic ring is 1. The number of pyridine rings is 1. The molecule has 0 spiro atoms. The molecule has 4 aliphatic rings. The van der Waals surface area contributed by atoms with E-state index in [2.05, 4.69) is 24.8 Å². The van der Waals surface area contributed by atoms with Crippen molar-refractivity contribution in [3.8, 4) is 22.5 Å². The molecule has 5 rings (SSSR count). The van der Waals surface area contributed by atoms with Crippen LogP contribution in [-0.4, -0.2) is 40.3 Å². The smallest absolute Gasteiger partial charge is 0.247 e. The van der Waals surface area contributed by atoms with Crippen LogP contribution >= 0.6 is 0 Å². The third-order valence-corrected chi connectivity index (χ3v) is 5.04. The molecule has 0 amide bonds. The maximum atomic E-state index is 13.8. The second-order valence-electron chi connectivity index (χ2n) is 6.94. The topological polar surface area (TPSA) is 90.3 Å². The molecule has 3 N–H and O–H groups in total. The van der Waals surface area contributed by atoms with Crippen LogP contribution in [0.4, 0.5) is 15.9 Å². The third kappa shape index (κ3) is 2.64. The zero-order valence-electron chi connectivity index (χ0n) is 14.9. The van der Waals surface area contributed by atoms with Gasteiger partial charge in [0.1, 0.15) is 23.5 Å². The van der Waals surface area contributed by atoms with E-state index in [0.717, 1.165) is 47.0 Å². The summed E-state index contributed by atoms with van der Waals surface area (Å²) in [6, 6.07) is 5.33. The predicted octanol–water partition coefficient (Wildman–Crippen LogP) is 1.80. The molecule has 7 nitrogen and oxygen atoms in total. The fourth-order valence-corrected chi connectivity index (χ4v) is 3.57. The zero-order chi connectivity index (χ0) is 18.5. The molecule has 4 aliphatic heterocycles. The van der Waals surface area contributed by atoms with Gasteiger partial charge in [0.05, 0.1) is 18.9 Å². The van der Waals surface area contributed by atoms with Crippen LogP contribution in [0.15, 0.2) is 29.4 Å². The quantitative estimate of drug-likeness (QED) is 0.675. The SMILES string of the molecule is Cc1cc(F)c(N)cc1-c1cc2cnc(=NC3COC3)nc-2n2c1NCC2. The Bertz CT molecular complexity index is 1090. The standard InChI is InChI=1S/C19H19FN6O/c1-10-4-15(20)16(21)6-13(10)14-5-11-7-23-19(24-12-8-27-9-12)25-17(11)26-3-2-22-18(14)26/h4-7,12,22H,2-3,8-9,21H2,1H3. The van der Waals surface area contributed by atoms with Gasteiger partial charge in [0, 0.05) is 30.4 Å². The van der Waals surface area contributed by atoms with Gasteiger partial charge in [-0.2, -0.15) is 4.98 Å². The number of hydrogen-bond donors (Lipinski definition) is 2. The Balaban J connectivity index is 1.72. The number of nitrogens with zero attached hydrogens (tertiary/aromatic N) is 4. The number of nitrogens with one attached hydrogen (secondary N) is 1. The Morgan fingerprint density at radius 1 is 1.30 bits per heavy atom. The molecular weight excluding hydrogens is 347 g/mol. The van der Waals surface area contributed by atoms with Crippen molar-refractivity contribution in [1.82, 2.24) is 14.5 Å². The molecule has 138 valence electrons. The molecule has 4 heterocycles. The van der Waals surface area contributed by atoms with Gasteiger partial charge in [-0.25, -0.2) is 14.4 Å². The summed E-state index contributed by atoms with van der Waals surface area (Å²) in [6.07, 6.45) is 1.79. The first kappa shape index (κ1) is 16.2. The highest BCUT2D eigenvalue weighted by Crippen LogP contribution is 2.38. The zero-order valence-corrected chi connectivity index (χ0v) is 14.9. The van der Waals surface area contributed by atoms with Gasteiger partial charge in [-0.3, -0.25) is 0 Å². The molecule has 0 atom stereocenters. The first-order valence-corrected chi connectivity index (χ1v) is 8.92. The van der Waals surface area contributed by atoms with Crippen LogP contribution in [0.2, 0.25) is 0 Å². The Labute approximate surface area is 155 Å². The van der Waals surface area contributed by atoms with Crippen molar-refractivity contribution in [2.45, 2.75) is 19.5 Å². The van der Waals surface area contributed by atoms with Crippen LogP contribution in [0.5, 0.6) is 0 Å². The largest absolute Gasteiger partial charge is 0.396 e. The molecule has 0 saturated carbocycles. The lowest BCUT2D eigenvalue weighted by atomic mass is 9.98. The molecule has 0 bridgehead atoms. The molecule has 0 aromatic heterocycles. The van der Waals surface area contributed by atoms with Crippen molar-refractivity contribution in [2.24, 2.45) is 4.99 Å². The number of ether oxygens (including phenoxy) is 1. The van der Waals surface area contributed by atoms with E-state index in [1.807, 2.05) is 13.0 Å². The molecule has 1 aromatic rings. The summed E-state index contributed by atoms with van der Waals surface area (Å²) >= 11 is 0. The van der Waals surface area contributed by atoms with Crippen molar-refractivity contribution < 1.29 is 9.13 Å². The van der Waals surface area contributed by atoms with Gasteiger partial charge in [-0.15, -0.1) is 0 Å². The number of aryl methyl sites for hydroxylation is 1. The number of anilines is 2. The van der Waals surface area contributed by atoms with E-state index in [0.29, 0.717) is 18.8 Å². The van der Waals surface area contributed by atoms with Gasteiger partial charge in [0.2, 0.25) is 5.62 Å². The number of rotatable bonds is 2. The monoisotopic (exact) mass is 366 g/mol. The second kappa shape index (κ2) is 6.02. The number of hydrogen-bond acceptors (Lipinski definition) is 6. The molecule has 8 heteroatoms. The van der Waals surface area contributed by atoms with E-state index < -0.39 is 5.82 Å². The van der Waals surface area contributed by atoms with Crippen molar-refractivity contribution in [3.63, 3.8) is 0 Å². The summed E-state index contributed by atoms with van der Waals surface area (Å²) in [5.74, 6) is 1.39. The number of fused-ring (bicyclic) bond motifs is 3. The molecule has 1 aromatic carbocycles. The lowest BCUT2D eigenvalue weighted by Crippen LogP contribution is -2.34. The third-order valence-electron chi connectivity index (χ3n) is 5.04. The van der Waals surface area contributed by atoms with E-state index in [9.17, 15) is 4.39 Å². The molecule has 0 aliphatic carbocycles. The van der Waals surface area contributed by atoms with Crippen LogP contribution in [-0.2, 0) is 11.3 Å². The summed E-state index contributed by atoms with van der Waals surface area (Å²) in [5.41, 5.74) is 10.0. The van der Waals surface area contributed by atoms with E-state index >= 15 is 0 Å². The van der Waals surface area contributed by atoms with Crippen LogP contribution < -0.4 is 16.7 Å². The molecule has 1 saturated heterocycles. The summed E-state index contributed by atoms with van der Waals surface area (Å²) in [7, 11) is 0. The summed E-state index contributed by atoms with van der Waals surface area (Å²) in [6.45, 7) is 4.72. The van der Waals surface area contributed by atoms with Crippen molar-refractivity contribution in [2.75, 3.05) is 30.8 Å². The maximum absolute atomic E-state index is 13.8. The Hall–Kier alpha value is -3.00. The number of halogens is 1. The average molecular weight is 366 g/mol. The van der Waals surface area contributed by atoms with Crippen LogP contribution in [0.25, 0.3) is 22.5 Å². The highest BCUT2D eigenvalue weighted by atomic mass is 19.1. The molecular formula is C19H19FN6O. The van der Waals surface area contributed by atoms with Crippen molar-refractivity contribution in [3.05, 3.63) is 41.4 Å². The fraction of sp³-hybridized carbons (Fsp3) is 0.316. The Morgan fingerprint density at radius 2 is 2.15 bits per heavy atom. The van der Waals surface area contributed by atoms with Crippen LogP contribution in [0.1, 0.15) is 5.56 Å². The van der Waals surface area contributed by atoms with Gasteiger partial charge >= 0.3 is 0 Å². The molecule has 0 radical (unpaired) electrons. The minimum atomic E-state index is -0.399. The molecule has 0 unspecified atom stereocenters. The Morgan fingerprint density at radius 3 is 2.93 bits per heavy atom. The second-order valence-corrected chi connectivity index (χ2v) is 6.94.